The molecule has 160 valence electrons. The van der Waals surface area contributed by atoms with E-state index < -0.39 is 6.29 Å². The first-order chi connectivity index (χ1) is 14.6. The Kier molecular flexibility index (Phi) is 5.21. The maximum absolute atomic E-state index is 10.3. The molecule has 1 saturated carbocycles. The molecule has 0 saturated heterocycles. The quantitative estimate of drug-likeness (QED) is 0.836. The van der Waals surface area contributed by atoms with Gasteiger partial charge in [-0.15, -0.1) is 0 Å². The topological polar surface area (TPSA) is 51.2 Å². The third-order valence-electron chi connectivity index (χ3n) is 7.29. The number of fused-ring (bicyclic) bond motifs is 3. The number of benzene rings is 2. The van der Waals surface area contributed by atoms with Crippen LogP contribution < -0.4 is 9.47 Å². The van der Waals surface area contributed by atoms with E-state index in [1.54, 1.807) is 14.2 Å². The van der Waals surface area contributed by atoms with Crippen molar-refractivity contribution in [1.29, 1.82) is 0 Å². The fraction of sp³-hybridized carbons (Fsp3) is 0.520. The number of hydrogen-bond donors (Lipinski definition) is 1. The number of rotatable bonds is 3. The Balaban J connectivity index is 1.32. The van der Waals surface area contributed by atoms with Crippen molar-refractivity contribution in [1.82, 2.24) is 4.90 Å². The van der Waals surface area contributed by atoms with Gasteiger partial charge in [-0.2, -0.15) is 0 Å². The molecule has 2 aliphatic heterocycles. The molecule has 1 aliphatic carbocycles. The van der Waals surface area contributed by atoms with Crippen LogP contribution in [0.5, 0.6) is 11.5 Å². The van der Waals surface area contributed by atoms with Crippen LogP contribution in [0, 0.1) is 0 Å². The molecule has 5 nitrogen and oxygen atoms in total. The summed E-state index contributed by atoms with van der Waals surface area (Å²) in [5, 5.41) is 10.3. The van der Waals surface area contributed by atoms with E-state index in [1.165, 1.54) is 22.3 Å². The molecule has 1 spiro atoms. The Morgan fingerprint density at radius 2 is 1.70 bits per heavy atom. The molecular weight excluding hydrogens is 378 g/mol. The summed E-state index contributed by atoms with van der Waals surface area (Å²) < 4.78 is 17.2. The molecule has 5 heteroatoms. The SMILES string of the molecule is COc1cc2c(cc1OC)CN(C1CCC3(CC1)O[C@H](O)Cc1ccccc13)CC2. The summed E-state index contributed by atoms with van der Waals surface area (Å²) in [5.41, 5.74) is 4.91. The van der Waals surface area contributed by atoms with Gasteiger partial charge in [0.15, 0.2) is 17.8 Å². The molecule has 3 aliphatic rings. The van der Waals surface area contributed by atoms with Crippen LogP contribution in [0.15, 0.2) is 36.4 Å². The molecule has 2 heterocycles. The minimum absolute atomic E-state index is 0.324. The zero-order valence-corrected chi connectivity index (χ0v) is 17.9. The van der Waals surface area contributed by atoms with Crippen LogP contribution in [0.25, 0.3) is 0 Å². The maximum Gasteiger partial charge on any atom is 0.161 e. The van der Waals surface area contributed by atoms with Gasteiger partial charge in [0, 0.05) is 25.6 Å². The molecule has 1 fully saturated rings. The van der Waals surface area contributed by atoms with Crippen molar-refractivity contribution in [3.05, 3.63) is 58.7 Å². The van der Waals surface area contributed by atoms with Gasteiger partial charge >= 0.3 is 0 Å². The largest absolute Gasteiger partial charge is 0.493 e. The lowest BCUT2D eigenvalue weighted by molar-refractivity contribution is -0.214. The summed E-state index contributed by atoms with van der Waals surface area (Å²) in [6.07, 6.45) is 5.03. The van der Waals surface area contributed by atoms with Crippen LogP contribution >= 0.6 is 0 Å². The minimum Gasteiger partial charge on any atom is -0.493 e. The summed E-state index contributed by atoms with van der Waals surface area (Å²) >= 11 is 0. The Hall–Kier alpha value is -2.08. The third kappa shape index (κ3) is 3.39. The van der Waals surface area contributed by atoms with Crippen LogP contribution in [0.2, 0.25) is 0 Å². The van der Waals surface area contributed by atoms with Crippen LogP contribution in [0.4, 0.5) is 0 Å². The lowest BCUT2D eigenvalue weighted by Crippen LogP contribution is -2.48. The zero-order valence-electron chi connectivity index (χ0n) is 17.9. The smallest absolute Gasteiger partial charge is 0.161 e. The van der Waals surface area contributed by atoms with Crippen molar-refractivity contribution in [3.8, 4) is 11.5 Å². The highest BCUT2D eigenvalue weighted by molar-refractivity contribution is 5.48. The first-order valence-electron chi connectivity index (χ1n) is 11.0. The number of ether oxygens (including phenoxy) is 3. The van der Waals surface area contributed by atoms with Gasteiger partial charge in [-0.3, -0.25) is 4.90 Å². The lowest BCUT2D eigenvalue weighted by atomic mass is 9.73. The van der Waals surface area contributed by atoms with Crippen molar-refractivity contribution in [3.63, 3.8) is 0 Å². The van der Waals surface area contributed by atoms with Gasteiger partial charge in [0.2, 0.25) is 0 Å². The van der Waals surface area contributed by atoms with Crippen LogP contribution in [-0.2, 0) is 29.7 Å². The maximum atomic E-state index is 10.3. The van der Waals surface area contributed by atoms with Crippen molar-refractivity contribution in [2.24, 2.45) is 0 Å². The van der Waals surface area contributed by atoms with Gasteiger partial charge in [0.25, 0.3) is 0 Å². The fourth-order valence-electron chi connectivity index (χ4n) is 5.73. The Labute approximate surface area is 178 Å². The average Bonchev–Trinajstić information content (AvgIpc) is 2.78. The van der Waals surface area contributed by atoms with Gasteiger partial charge in [-0.25, -0.2) is 0 Å². The van der Waals surface area contributed by atoms with E-state index in [-0.39, 0.29) is 5.60 Å². The highest BCUT2D eigenvalue weighted by Gasteiger charge is 2.44. The van der Waals surface area contributed by atoms with Crippen LogP contribution in [0.1, 0.15) is 47.9 Å². The second-order valence-electron chi connectivity index (χ2n) is 8.86. The summed E-state index contributed by atoms with van der Waals surface area (Å²) in [7, 11) is 3.39. The molecule has 0 bridgehead atoms. The van der Waals surface area contributed by atoms with E-state index in [9.17, 15) is 5.11 Å². The third-order valence-corrected chi connectivity index (χ3v) is 7.29. The summed E-state index contributed by atoms with van der Waals surface area (Å²) in [6, 6.07) is 13.3. The molecule has 2 aromatic carbocycles. The van der Waals surface area contributed by atoms with Gasteiger partial charge in [-0.1, -0.05) is 24.3 Å². The molecule has 0 amide bonds. The van der Waals surface area contributed by atoms with E-state index >= 15 is 0 Å². The van der Waals surface area contributed by atoms with Gasteiger partial charge in [0.1, 0.15) is 0 Å². The van der Waals surface area contributed by atoms with Crippen LogP contribution in [0.3, 0.4) is 0 Å². The summed E-state index contributed by atoms with van der Waals surface area (Å²) in [5.74, 6) is 1.62. The molecule has 5 rings (SSSR count). The first-order valence-corrected chi connectivity index (χ1v) is 11.0. The first kappa shape index (κ1) is 19.9. The number of aliphatic hydroxyl groups excluding tert-OH is 1. The molecule has 1 N–H and O–H groups in total. The number of methoxy groups -OCH3 is 2. The normalized spacial score (nSPS) is 28.6. The predicted molar refractivity (Wildman–Crippen MR) is 115 cm³/mol. The number of hydrogen-bond acceptors (Lipinski definition) is 5. The van der Waals surface area contributed by atoms with Crippen molar-refractivity contribution < 1.29 is 19.3 Å². The van der Waals surface area contributed by atoms with Crippen molar-refractivity contribution in [2.75, 3.05) is 20.8 Å². The highest BCUT2D eigenvalue weighted by Crippen LogP contribution is 2.47. The Morgan fingerprint density at radius 1 is 1.00 bits per heavy atom. The second-order valence-corrected chi connectivity index (χ2v) is 8.86. The predicted octanol–water partition coefficient (Wildman–Crippen LogP) is 3.79. The highest BCUT2D eigenvalue weighted by atomic mass is 16.6. The zero-order chi connectivity index (χ0) is 20.7. The second kappa shape index (κ2) is 7.88. The summed E-state index contributed by atoms with van der Waals surface area (Å²) in [6.45, 7) is 2.02. The number of nitrogens with zero attached hydrogens (tertiary/aromatic N) is 1. The standard InChI is InChI=1S/C25H31NO4/c1-28-22-13-17-9-12-26(16-19(17)14-23(22)29-2)20-7-10-25(11-8-20)21-6-4-3-5-18(21)15-24(27)30-25/h3-6,13-14,20,24,27H,7-12,15-16H2,1-2H3/t20?,24-,25?/m0/s1. The van der Waals surface area contributed by atoms with Gasteiger partial charge in [0.05, 0.1) is 19.8 Å². The molecule has 0 aromatic heterocycles. The lowest BCUT2D eigenvalue weighted by Gasteiger charge is -2.48. The molecular formula is C25H31NO4. The van der Waals surface area contributed by atoms with E-state index in [1.807, 2.05) is 0 Å². The van der Waals surface area contributed by atoms with E-state index in [4.69, 9.17) is 14.2 Å². The molecule has 0 unspecified atom stereocenters. The van der Waals surface area contributed by atoms with Gasteiger partial charge in [-0.05, 0) is 66.5 Å². The summed E-state index contributed by atoms with van der Waals surface area (Å²) in [4.78, 5) is 2.62. The molecule has 30 heavy (non-hydrogen) atoms. The Bertz CT molecular complexity index is 919. The van der Waals surface area contributed by atoms with Crippen molar-refractivity contribution in [2.45, 2.75) is 63.0 Å². The average molecular weight is 410 g/mol. The van der Waals surface area contributed by atoms with E-state index in [2.05, 4.69) is 41.3 Å². The molecule has 0 radical (unpaired) electrons. The van der Waals surface area contributed by atoms with Gasteiger partial charge < -0.3 is 19.3 Å². The fourth-order valence-corrected chi connectivity index (χ4v) is 5.73. The van der Waals surface area contributed by atoms with Crippen LogP contribution in [-0.4, -0.2) is 43.1 Å². The van der Waals surface area contributed by atoms with Crippen molar-refractivity contribution >= 4 is 0 Å². The van der Waals surface area contributed by atoms with E-state index in [0.29, 0.717) is 12.5 Å². The minimum atomic E-state index is -0.694. The molecule has 1 atom stereocenters. The number of aliphatic hydroxyl groups is 1. The molecule has 2 aromatic rings. The Morgan fingerprint density at radius 3 is 2.43 bits per heavy atom. The monoisotopic (exact) mass is 409 g/mol. The van der Waals surface area contributed by atoms with E-state index in [0.717, 1.165) is 56.7 Å².